The van der Waals surface area contributed by atoms with Gasteiger partial charge in [-0.1, -0.05) is 30.3 Å². The minimum atomic E-state index is -3.38. The van der Waals surface area contributed by atoms with Crippen molar-refractivity contribution in [3.63, 3.8) is 0 Å². The van der Waals surface area contributed by atoms with Crippen LogP contribution in [0.1, 0.15) is 5.56 Å². The number of aryl methyl sites for hydroxylation is 1. The molecular formula is C31H28N4O5S. The van der Waals surface area contributed by atoms with Crippen molar-refractivity contribution in [3.8, 4) is 16.8 Å². The summed E-state index contributed by atoms with van der Waals surface area (Å²) in [5, 5.41) is 4.89. The molecule has 5 rings (SSSR count). The fraction of sp³-hybridized carbons (Fsp3) is 0.129. The van der Waals surface area contributed by atoms with E-state index in [9.17, 15) is 18.0 Å². The first-order valence-corrected chi connectivity index (χ1v) is 14.6. The molecule has 0 bridgehead atoms. The molecule has 0 aliphatic heterocycles. The molecule has 0 aliphatic rings. The Bertz CT molecular complexity index is 1980. The smallest absolute Gasteiger partial charge is 0.330 e. The van der Waals surface area contributed by atoms with Gasteiger partial charge in [-0.25, -0.2) is 13.2 Å². The molecule has 0 saturated heterocycles. The van der Waals surface area contributed by atoms with Gasteiger partial charge in [-0.2, -0.15) is 0 Å². The molecule has 2 N–H and O–H groups in total. The molecule has 3 aromatic carbocycles. The van der Waals surface area contributed by atoms with Crippen LogP contribution in [0.2, 0.25) is 0 Å². The van der Waals surface area contributed by atoms with E-state index in [0.717, 1.165) is 50.4 Å². The Morgan fingerprint density at radius 3 is 2.49 bits per heavy atom. The summed E-state index contributed by atoms with van der Waals surface area (Å²) in [5.41, 5.74) is 6.00. The number of carbonyl (C=O) groups excluding carboxylic acids is 1. The number of nitrogens with zero attached hydrogens (tertiary/aromatic N) is 2. The summed E-state index contributed by atoms with van der Waals surface area (Å²) < 4.78 is 31.9. The van der Waals surface area contributed by atoms with Gasteiger partial charge >= 0.3 is 5.97 Å². The van der Waals surface area contributed by atoms with Gasteiger partial charge in [0.2, 0.25) is 10.0 Å². The molecule has 0 atom stereocenters. The molecule has 0 unspecified atom stereocenters. The molecule has 0 amide bonds. The summed E-state index contributed by atoms with van der Waals surface area (Å²) in [6, 6.07) is 22.0. The fourth-order valence-electron chi connectivity index (χ4n) is 4.62. The van der Waals surface area contributed by atoms with Crippen LogP contribution in [0, 0.1) is 6.92 Å². The summed E-state index contributed by atoms with van der Waals surface area (Å²) in [7, 11) is -2.05. The van der Waals surface area contributed by atoms with Gasteiger partial charge in [0.05, 0.1) is 30.1 Å². The summed E-state index contributed by atoms with van der Waals surface area (Å²) in [6.07, 6.45) is 5.89. The number of methoxy groups -OCH3 is 1. The van der Waals surface area contributed by atoms with Crippen molar-refractivity contribution in [3.05, 3.63) is 107 Å². The number of carbonyl (C=O) groups is 1. The maximum atomic E-state index is 13.4. The molecule has 0 radical (unpaired) electrons. The highest BCUT2D eigenvalue weighted by Crippen LogP contribution is 2.31. The van der Waals surface area contributed by atoms with Crippen LogP contribution in [0.5, 0.6) is 0 Å². The van der Waals surface area contributed by atoms with Gasteiger partial charge in [-0.3, -0.25) is 19.1 Å². The first kappa shape index (κ1) is 27.6. The van der Waals surface area contributed by atoms with Crippen molar-refractivity contribution in [2.45, 2.75) is 6.92 Å². The quantitative estimate of drug-likeness (QED) is 0.153. The Hall–Kier alpha value is -4.96. The summed E-state index contributed by atoms with van der Waals surface area (Å²) in [5.74, 6) is -0.430. The number of rotatable bonds is 8. The Morgan fingerprint density at radius 1 is 1.00 bits per heavy atom. The van der Waals surface area contributed by atoms with Crippen molar-refractivity contribution in [1.29, 1.82) is 0 Å². The lowest BCUT2D eigenvalue weighted by Gasteiger charge is -2.16. The number of ether oxygens (including phenoxy) is 1. The second kappa shape index (κ2) is 11.3. The van der Waals surface area contributed by atoms with E-state index in [-0.39, 0.29) is 5.56 Å². The monoisotopic (exact) mass is 568 g/mol. The molecule has 0 aliphatic carbocycles. The van der Waals surface area contributed by atoms with E-state index in [1.165, 1.54) is 19.3 Å². The van der Waals surface area contributed by atoms with Crippen LogP contribution >= 0.6 is 0 Å². The Morgan fingerprint density at radius 2 is 1.76 bits per heavy atom. The number of anilines is 2. The Kier molecular flexibility index (Phi) is 7.58. The van der Waals surface area contributed by atoms with Crippen LogP contribution < -0.4 is 15.6 Å². The number of hydrogen-bond acceptors (Lipinski definition) is 7. The predicted octanol–water partition coefficient (Wildman–Crippen LogP) is 5.03. The summed E-state index contributed by atoms with van der Waals surface area (Å²) in [6.45, 7) is 2.36. The molecule has 41 heavy (non-hydrogen) atoms. The maximum Gasteiger partial charge on any atom is 0.330 e. The number of pyridine rings is 2. The SMILES string of the molecule is COC(=O)C=CCNc1cc(-n2c(=O)ccc3cnc4ccc(-c5ccc(NS(C)(=O)=O)cc5)cc4c32)ccc1C. The molecule has 0 saturated carbocycles. The van der Waals surface area contributed by atoms with E-state index < -0.39 is 16.0 Å². The normalized spacial score (nSPS) is 11.7. The third kappa shape index (κ3) is 6.12. The average Bonchev–Trinajstić information content (AvgIpc) is 2.95. The van der Waals surface area contributed by atoms with E-state index in [2.05, 4.69) is 19.8 Å². The lowest BCUT2D eigenvalue weighted by Crippen LogP contribution is -2.18. The molecule has 10 heteroatoms. The molecule has 5 aromatic rings. The third-order valence-corrected chi connectivity index (χ3v) is 7.19. The predicted molar refractivity (Wildman–Crippen MR) is 163 cm³/mol. The third-order valence-electron chi connectivity index (χ3n) is 6.58. The van der Waals surface area contributed by atoms with Crippen LogP contribution in [0.4, 0.5) is 11.4 Å². The van der Waals surface area contributed by atoms with E-state index in [1.807, 2.05) is 55.5 Å². The van der Waals surface area contributed by atoms with Crippen LogP contribution in [-0.4, -0.2) is 43.8 Å². The summed E-state index contributed by atoms with van der Waals surface area (Å²) >= 11 is 0. The van der Waals surface area contributed by atoms with Crippen LogP contribution in [0.25, 0.3) is 38.6 Å². The van der Waals surface area contributed by atoms with Gasteiger partial charge in [-0.15, -0.1) is 0 Å². The van der Waals surface area contributed by atoms with E-state index in [1.54, 1.807) is 35.0 Å². The van der Waals surface area contributed by atoms with Gasteiger partial charge in [0.15, 0.2) is 0 Å². The molecule has 2 aromatic heterocycles. The molecule has 0 spiro atoms. The van der Waals surface area contributed by atoms with E-state index in [0.29, 0.717) is 17.9 Å². The van der Waals surface area contributed by atoms with Crippen molar-refractivity contribution in [2.75, 3.05) is 29.9 Å². The number of nitrogens with one attached hydrogen (secondary N) is 2. The van der Waals surface area contributed by atoms with Gasteiger partial charge in [0.1, 0.15) is 0 Å². The largest absolute Gasteiger partial charge is 0.466 e. The van der Waals surface area contributed by atoms with E-state index >= 15 is 0 Å². The highest BCUT2D eigenvalue weighted by atomic mass is 32.2. The number of benzene rings is 3. The zero-order valence-corrected chi connectivity index (χ0v) is 23.5. The Labute approximate surface area is 237 Å². The van der Waals surface area contributed by atoms with Crippen molar-refractivity contribution < 1.29 is 17.9 Å². The number of hydrogen-bond donors (Lipinski definition) is 2. The van der Waals surface area contributed by atoms with Gasteiger partial charge < -0.3 is 10.1 Å². The topological polar surface area (TPSA) is 119 Å². The van der Waals surface area contributed by atoms with Crippen molar-refractivity contribution >= 4 is 49.2 Å². The zero-order valence-electron chi connectivity index (χ0n) is 22.7. The molecule has 2 heterocycles. The van der Waals surface area contributed by atoms with Crippen LogP contribution in [-0.2, 0) is 19.6 Å². The van der Waals surface area contributed by atoms with E-state index in [4.69, 9.17) is 0 Å². The zero-order chi connectivity index (χ0) is 29.1. The molecule has 0 fully saturated rings. The minimum Gasteiger partial charge on any atom is -0.466 e. The average molecular weight is 569 g/mol. The lowest BCUT2D eigenvalue weighted by molar-refractivity contribution is -0.134. The molecule has 9 nitrogen and oxygen atoms in total. The second-order valence-electron chi connectivity index (χ2n) is 9.56. The number of aromatic nitrogens is 2. The second-order valence-corrected chi connectivity index (χ2v) is 11.3. The lowest BCUT2D eigenvalue weighted by atomic mass is 10.0. The number of esters is 1. The molecule has 208 valence electrons. The van der Waals surface area contributed by atoms with Crippen LogP contribution in [0.3, 0.4) is 0 Å². The number of fused-ring (bicyclic) bond motifs is 3. The Balaban J connectivity index is 1.60. The van der Waals surface area contributed by atoms with Crippen molar-refractivity contribution in [1.82, 2.24) is 9.55 Å². The van der Waals surface area contributed by atoms with Crippen LogP contribution in [0.15, 0.2) is 95.9 Å². The highest BCUT2D eigenvalue weighted by molar-refractivity contribution is 7.92. The van der Waals surface area contributed by atoms with Gasteiger partial charge in [-0.05, 0) is 66.1 Å². The fourth-order valence-corrected chi connectivity index (χ4v) is 5.19. The minimum absolute atomic E-state index is 0.188. The summed E-state index contributed by atoms with van der Waals surface area (Å²) in [4.78, 5) is 29.3. The highest BCUT2D eigenvalue weighted by Gasteiger charge is 2.13. The van der Waals surface area contributed by atoms with Gasteiger partial charge in [0, 0.05) is 47.0 Å². The van der Waals surface area contributed by atoms with Crippen molar-refractivity contribution in [2.24, 2.45) is 0 Å². The molecular weight excluding hydrogens is 540 g/mol. The maximum absolute atomic E-state index is 13.4. The first-order valence-electron chi connectivity index (χ1n) is 12.7. The van der Waals surface area contributed by atoms with Gasteiger partial charge in [0.25, 0.3) is 5.56 Å². The standard InChI is InChI=1S/C31H28N4O5S/c1-20-6-13-25(18-28(20)32-16-4-5-30(37)40-2)35-29(36)15-10-23-19-33-27-14-9-22(17-26(27)31(23)35)21-7-11-24(12-8-21)34-41(3,38)39/h4-15,17-19,32,34H,16H2,1-3H3. The number of sulfonamides is 1. The first-order chi connectivity index (χ1) is 19.6.